The van der Waals surface area contributed by atoms with Gasteiger partial charge in [-0.2, -0.15) is 0 Å². The van der Waals surface area contributed by atoms with E-state index in [1.165, 1.54) is 6.33 Å². The van der Waals surface area contributed by atoms with Crippen molar-refractivity contribution < 1.29 is 4.74 Å². The average Bonchev–Trinajstić information content (AvgIpc) is 2.55. The SMILES string of the molecule is COC[C@@H]1CN(c2cc(Cl)ncn2)CC1(C)C. The smallest absolute Gasteiger partial charge is 0.134 e. The lowest BCUT2D eigenvalue weighted by Gasteiger charge is -2.24. The van der Waals surface area contributed by atoms with Crippen molar-refractivity contribution in [3.63, 3.8) is 0 Å². The first-order valence-corrected chi connectivity index (χ1v) is 6.12. The Labute approximate surface area is 107 Å². The van der Waals surface area contributed by atoms with Gasteiger partial charge in [0.2, 0.25) is 0 Å². The third-order valence-corrected chi connectivity index (χ3v) is 3.66. The summed E-state index contributed by atoms with van der Waals surface area (Å²) in [6, 6.07) is 1.81. The molecule has 2 rings (SSSR count). The Morgan fingerprint density at radius 2 is 2.29 bits per heavy atom. The molecule has 4 nitrogen and oxygen atoms in total. The van der Waals surface area contributed by atoms with Gasteiger partial charge in [-0.15, -0.1) is 0 Å². The Balaban J connectivity index is 2.15. The van der Waals surface area contributed by atoms with Crippen molar-refractivity contribution in [1.82, 2.24) is 9.97 Å². The van der Waals surface area contributed by atoms with Crippen LogP contribution in [-0.4, -0.2) is 36.8 Å². The van der Waals surface area contributed by atoms with Gasteiger partial charge < -0.3 is 9.64 Å². The molecule has 0 unspecified atom stereocenters. The zero-order valence-corrected chi connectivity index (χ0v) is 11.2. The Hall–Kier alpha value is -0.870. The van der Waals surface area contributed by atoms with Crippen molar-refractivity contribution in [2.45, 2.75) is 13.8 Å². The van der Waals surface area contributed by atoms with E-state index in [9.17, 15) is 0 Å². The van der Waals surface area contributed by atoms with Gasteiger partial charge in [-0.25, -0.2) is 9.97 Å². The molecular weight excluding hydrogens is 238 g/mol. The second kappa shape index (κ2) is 4.78. The van der Waals surface area contributed by atoms with Gasteiger partial charge in [-0.05, 0) is 5.41 Å². The molecule has 0 amide bonds. The summed E-state index contributed by atoms with van der Waals surface area (Å²) in [4.78, 5) is 10.4. The van der Waals surface area contributed by atoms with Crippen LogP contribution in [0.15, 0.2) is 12.4 Å². The molecule has 2 heterocycles. The number of nitrogens with zero attached hydrogens (tertiary/aromatic N) is 3. The lowest BCUT2D eigenvalue weighted by molar-refractivity contribution is 0.112. The number of anilines is 1. The van der Waals surface area contributed by atoms with Gasteiger partial charge in [0.05, 0.1) is 6.61 Å². The largest absolute Gasteiger partial charge is 0.384 e. The van der Waals surface area contributed by atoms with Crippen molar-refractivity contribution in [2.75, 3.05) is 31.7 Å². The third-order valence-electron chi connectivity index (χ3n) is 3.46. The first-order chi connectivity index (χ1) is 8.03. The topological polar surface area (TPSA) is 38.2 Å². The number of hydrogen-bond donors (Lipinski definition) is 0. The molecule has 1 aromatic heterocycles. The van der Waals surface area contributed by atoms with Crippen LogP contribution in [0.2, 0.25) is 5.15 Å². The van der Waals surface area contributed by atoms with E-state index in [4.69, 9.17) is 16.3 Å². The van der Waals surface area contributed by atoms with E-state index in [-0.39, 0.29) is 5.41 Å². The second-order valence-corrected chi connectivity index (χ2v) is 5.61. The summed E-state index contributed by atoms with van der Waals surface area (Å²) < 4.78 is 5.28. The van der Waals surface area contributed by atoms with Gasteiger partial charge in [0.15, 0.2) is 0 Å². The van der Waals surface area contributed by atoms with Crippen LogP contribution in [-0.2, 0) is 4.74 Å². The first-order valence-electron chi connectivity index (χ1n) is 5.74. The summed E-state index contributed by atoms with van der Waals surface area (Å²) >= 11 is 5.89. The fraction of sp³-hybridized carbons (Fsp3) is 0.667. The van der Waals surface area contributed by atoms with Gasteiger partial charge >= 0.3 is 0 Å². The molecule has 94 valence electrons. The maximum Gasteiger partial charge on any atom is 0.134 e. The van der Waals surface area contributed by atoms with Crippen LogP contribution in [0.4, 0.5) is 5.82 Å². The standard InChI is InChI=1S/C12H18ClN3O/c1-12(2)7-16(5-9(12)6-17-3)11-4-10(13)14-8-15-11/h4,8-9H,5-7H2,1-3H3/t9-/m0/s1. The van der Waals surface area contributed by atoms with E-state index < -0.39 is 0 Å². The van der Waals surface area contributed by atoms with E-state index in [1.807, 2.05) is 6.07 Å². The summed E-state index contributed by atoms with van der Waals surface area (Å²) in [5.74, 6) is 1.41. The summed E-state index contributed by atoms with van der Waals surface area (Å²) in [5, 5.41) is 0.489. The van der Waals surface area contributed by atoms with E-state index in [2.05, 4.69) is 28.7 Å². The molecule has 1 aliphatic heterocycles. The minimum Gasteiger partial charge on any atom is -0.384 e. The lowest BCUT2D eigenvalue weighted by atomic mass is 9.83. The van der Waals surface area contributed by atoms with E-state index >= 15 is 0 Å². The normalized spacial score (nSPS) is 23.1. The number of halogens is 1. The summed E-state index contributed by atoms with van der Waals surface area (Å²) in [5.41, 5.74) is 0.230. The van der Waals surface area contributed by atoms with Crippen LogP contribution < -0.4 is 4.90 Å². The highest BCUT2D eigenvalue weighted by atomic mass is 35.5. The molecule has 17 heavy (non-hydrogen) atoms. The maximum absolute atomic E-state index is 5.89. The molecule has 1 atom stereocenters. The second-order valence-electron chi connectivity index (χ2n) is 5.22. The third kappa shape index (κ3) is 2.69. The fourth-order valence-electron chi connectivity index (χ4n) is 2.35. The van der Waals surface area contributed by atoms with Crippen LogP contribution in [0, 0.1) is 11.3 Å². The molecule has 1 aromatic rings. The molecule has 0 aromatic carbocycles. The minimum atomic E-state index is 0.230. The summed E-state index contributed by atoms with van der Waals surface area (Å²) in [6.45, 7) is 7.23. The molecule has 0 saturated carbocycles. The quantitative estimate of drug-likeness (QED) is 0.777. The van der Waals surface area contributed by atoms with Gasteiger partial charge in [-0.3, -0.25) is 0 Å². The van der Waals surface area contributed by atoms with Crippen molar-refractivity contribution in [1.29, 1.82) is 0 Å². The lowest BCUT2D eigenvalue weighted by Crippen LogP contribution is -2.25. The summed E-state index contributed by atoms with van der Waals surface area (Å²) in [7, 11) is 1.75. The molecule has 1 aliphatic rings. The molecule has 0 aliphatic carbocycles. The van der Waals surface area contributed by atoms with Gasteiger partial charge in [0.25, 0.3) is 0 Å². The highest BCUT2D eigenvalue weighted by molar-refractivity contribution is 6.29. The Morgan fingerprint density at radius 3 is 2.94 bits per heavy atom. The highest BCUT2D eigenvalue weighted by Crippen LogP contribution is 2.37. The zero-order valence-electron chi connectivity index (χ0n) is 10.5. The molecule has 1 saturated heterocycles. The number of ether oxygens (including phenoxy) is 1. The van der Waals surface area contributed by atoms with Gasteiger partial charge in [0.1, 0.15) is 17.3 Å². The van der Waals surface area contributed by atoms with Crippen LogP contribution in [0.5, 0.6) is 0 Å². The molecule has 0 radical (unpaired) electrons. The molecule has 5 heteroatoms. The maximum atomic E-state index is 5.89. The fourth-order valence-corrected chi connectivity index (χ4v) is 2.49. The molecule has 0 bridgehead atoms. The van der Waals surface area contributed by atoms with Gasteiger partial charge in [0, 0.05) is 32.2 Å². The molecule has 1 fully saturated rings. The van der Waals surface area contributed by atoms with Crippen LogP contribution in [0.3, 0.4) is 0 Å². The van der Waals surface area contributed by atoms with Gasteiger partial charge in [-0.1, -0.05) is 25.4 Å². The predicted octanol–water partition coefficient (Wildman–Crippen LogP) is 2.24. The molecular formula is C12H18ClN3O. The zero-order chi connectivity index (χ0) is 12.5. The van der Waals surface area contributed by atoms with Crippen molar-refractivity contribution in [3.8, 4) is 0 Å². The van der Waals surface area contributed by atoms with Crippen LogP contribution >= 0.6 is 11.6 Å². The van der Waals surface area contributed by atoms with E-state index in [0.717, 1.165) is 25.5 Å². The predicted molar refractivity (Wildman–Crippen MR) is 68.4 cm³/mol. The van der Waals surface area contributed by atoms with Crippen molar-refractivity contribution in [2.24, 2.45) is 11.3 Å². The van der Waals surface area contributed by atoms with Crippen molar-refractivity contribution in [3.05, 3.63) is 17.5 Å². The Kier molecular flexibility index (Phi) is 3.54. The van der Waals surface area contributed by atoms with Crippen LogP contribution in [0.1, 0.15) is 13.8 Å². The molecule has 0 spiro atoms. The number of hydrogen-bond acceptors (Lipinski definition) is 4. The number of rotatable bonds is 3. The first kappa shape index (κ1) is 12.6. The highest BCUT2D eigenvalue weighted by Gasteiger charge is 2.39. The molecule has 0 N–H and O–H groups in total. The number of aromatic nitrogens is 2. The van der Waals surface area contributed by atoms with Crippen LogP contribution in [0.25, 0.3) is 0 Å². The minimum absolute atomic E-state index is 0.230. The summed E-state index contributed by atoms with van der Waals surface area (Å²) in [6.07, 6.45) is 1.51. The monoisotopic (exact) mass is 255 g/mol. The van der Waals surface area contributed by atoms with Crippen molar-refractivity contribution >= 4 is 17.4 Å². The Morgan fingerprint density at radius 1 is 1.53 bits per heavy atom. The average molecular weight is 256 g/mol. The van der Waals surface area contributed by atoms with E-state index in [0.29, 0.717) is 11.1 Å². The Bertz CT molecular complexity index is 397. The number of methoxy groups -OCH3 is 1. The van der Waals surface area contributed by atoms with E-state index in [1.54, 1.807) is 7.11 Å².